The van der Waals surface area contributed by atoms with Crippen molar-refractivity contribution in [1.82, 2.24) is 0 Å². The number of methoxy groups -OCH3 is 2. The van der Waals surface area contributed by atoms with Gasteiger partial charge in [-0.3, -0.25) is 9.59 Å². The standard InChI is InChI=1S/C29H24N2O4/c1-34-22-15-12-20(13-16-22)25-26(27(32)21-9-4-3-5-10-21)31-23-11-7-6-8-19(23)14-17-24(31)29(25,18-30)28(33)35-2/h3-17,24-26H,1-2H3. The first-order valence-electron chi connectivity index (χ1n) is 11.3. The van der Waals surface area contributed by atoms with Gasteiger partial charge in [0.05, 0.1) is 26.3 Å². The normalized spacial score (nSPS) is 24.1. The number of benzene rings is 3. The van der Waals surface area contributed by atoms with E-state index in [0.717, 1.165) is 11.3 Å². The zero-order chi connectivity index (χ0) is 24.6. The van der Waals surface area contributed by atoms with Crippen LogP contribution in [0, 0.1) is 16.7 Å². The molecule has 4 unspecified atom stereocenters. The molecule has 5 rings (SSSR count). The van der Waals surface area contributed by atoms with E-state index in [-0.39, 0.29) is 5.78 Å². The van der Waals surface area contributed by atoms with Crippen molar-refractivity contribution >= 4 is 23.5 Å². The highest BCUT2D eigenvalue weighted by atomic mass is 16.5. The molecule has 0 radical (unpaired) electrons. The second kappa shape index (κ2) is 8.77. The van der Waals surface area contributed by atoms with Crippen LogP contribution in [-0.2, 0) is 9.53 Å². The molecule has 3 aromatic rings. The van der Waals surface area contributed by atoms with Crippen LogP contribution in [0.5, 0.6) is 5.75 Å². The predicted octanol–water partition coefficient (Wildman–Crippen LogP) is 4.63. The maximum Gasteiger partial charge on any atom is 0.329 e. The Balaban J connectivity index is 1.80. The SMILES string of the molecule is COC(=O)C1(C#N)C(c2ccc(OC)cc2)C(C(=O)c2ccccc2)N2c3ccccc3C=CC21. The summed E-state index contributed by atoms with van der Waals surface area (Å²) in [6.07, 6.45) is 3.75. The lowest BCUT2D eigenvalue weighted by Crippen LogP contribution is -2.46. The van der Waals surface area contributed by atoms with Crippen LogP contribution in [0.1, 0.15) is 27.4 Å². The summed E-state index contributed by atoms with van der Waals surface area (Å²) in [5, 5.41) is 10.7. The molecule has 0 aliphatic carbocycles. The number of para-hydroxylation sites is 1. The van der Waals surface area contributed by atoms with Gasteiger partial charge in [0.15, 0.2) is 11.2 Å². The Kier molecular flexibility index (Phi) is 5.62. The van der Waals surface area contributed by atoms with Crippen LogP contribution < -0.4 is 9.64 Å². The molecule has 0 aromatic heterocycles. The van der Waals surface area contributed by atoms with Crippen LogP contribution in [0.25, 0.3) is 6.08 Å². The molecule has 35 heavy (non-hydrogen) atoms. The third-order valence-electron chi connectivity index (χ3n) is 7.06. The molecule has 3 aromatic carbocycles. The molecule has 1 fully saturated rings. The van der Waals surface area contributed by atoms with Gasteiger partial charge in [-0.05, 0) is 29.3 Å². The van der Waals surface area contributed by atoms with Crippen LogP contribution in [0.15, 0.2) is 84.9 Å². The van der Waals surface area contributed by atoms with Crippen molar-refractivity contribution in [2.24, 2.45) is 5.41 Å². The Hall–Kier alpha value is -4.37. The number of carbonyl (C=O) groups is 2. The van der Waals surface area contributed by atoms with Gasteiger partial charge in [-0.15, -0.1) is 0 Å². The Bertz CT molecular complexity index is 1340. The van der Waals surface area contributed by atoms with Crippen LogP contribution in [0.2, 0.25) is 0 Å². The van der Waals surface area contributed by atoms with Crippen molar-refractivity contribution in [3.8, 4) is 11.8 Å². The Morgan fingerprint density at radius 1 is 0.943 bits per heavy atom. The number of fused-ring (bicyclic) bond motifs is 3. The highest BCUT2D eigenvalue weighted by Gasteiger charge is 2.67. The molecule has 0 amide bonds. The smallest absolute Gasteiger partial charge is 0.329 e. The molecule has 2 aliphatic rings. The molecule has 6 heteroatoms. The van der Waals surface area contributed by atoms with E-state index in [2.05, 4.69) is 6.07 Å². The molecule has 2 heterocycles. The van der Waals surface area contributed by atoms with E-state index in [9.17, 15) is 14.9 Å². The lowest BCUT2D eigenvalue weighted by atomic mass is 9.68. The first-order valence-corrected chi connectivity index (χ1v) is 11.3. The van der Waals surface area contributed by atoms with Gasteiger partial charge >= 0.3 is 5.97 Å². The highest BCUT2D eigenvalue weighted by molar-refractivity contribution is 6.06. The van der Waals surface area contributed by atoms with Gasteiger partial charge in [-0.2, -0.15) is 5.26 Å². The van der Waals surface area contributed by atoms with E-state index in [0.29, 0.717) is 16.9 Å². The van der Waals surface area contributed by atoms with Gasteiger partial charge in [0, 0.05) is 17.2 Å². The van der Waals surface area contributed by atoms with Crippen LogP contribution in [0.3, 0.4) is 0 Å². The number of nitrogens with zero attached hydrogens (tertiary/aromatic N) is 2. The third kappa shape index (κ3) is 3.31. The molecule has 0 N–H and O–H groups in total. The zero-order valence-electron chi connectivity index (χ0n) is 19.4. The summed E-state index contributed by atoms with van der Waals surface area (Å²) >= 11 is 0. The number of nitriles is 1. The number of anilines is 1. The fourth-order valence-corrected chi connectivity index (χ4v) is 5.49. The summed E-state index contributed by atoms with van der Waals surface area (Å²) in [7, 11) is 2.85. The number of rotatable bonds is 5. The van der Waals surface area contributed by atoms with Crippen molar-refractivity contribution in [2.45, 2.75) is 18.0 Å². The Morgan fingerprint density at radius 2 is 1.63 bits per heavy atom. The second-order valence-corrected chi connectivity index (χ2v) is 8.67. The molecule has 6 nitrogen and oxygen atoms in total. The quantitative estimate of drug-likeness (QED) is 0.405. The fraction of sp³-hybridized carbons (Fsp3) is 0.207. The van der Waals surface area contributed by atoms with Crippen molar-refractivity contribution in [2.75, 3.05) is 19.1 Å². The van der Waals surface area contributed by atoms with Crippen LogP contribution >= 0.6 is 0 Å². The summed E-state index contributed by atoms with van der Waals surface area (Å²) in [6, 6.07) is 24.7. The fourth-order valence-electron chi connectivity index (χ4n) is 5.49. The van der Waals surface area contributed by atoms with Crippen molar-refractivity contribution in [3.63, 3.8) is 0 Å². The van der Waals surface area contributed by atoms with E-state index in [4.69, 9.17) is 9.47 Å². The van der Waals surface area contributed by atoms with Gasteiger partial charge in [0.2, 0.25) is 0 Å². The number of esters is 1. The molecule has 1 saturated heterocycles. The first-order chi connectivity index (χ1) is 17.1. The van der Waals surface area contributed by atoms with E-state index >= 15 is 0 Å². The van der Waals surface area contributed by atoms with Gasteiger partial charge in [0.1, 0.15) is 11.8 Å². The van der Waals surface area contributed by atoms with Gasteiger partial charge in [-0.25, -0.2) is 0 Å². The summed E-state index contributed by atoms with van der Waals surface area (Å²) in [6.45, 7) is 0. The lowest BCUT2D eigenvalue weighted by Gasteiger charge is -2.36. The summed E-state index contributed by atoms with van der Waals surface area (Å²) in [5.74, 6) is -0.980. The summed E-state index contributed by atoms with van der Waals surface area (Å²) in [5.41, 5.74) is 1.27. The molecule has 174 valence electrons. The minimum absolute atomic E-state index is 0.164. The maximum atomic E-state index is 14.2. The molecular formula is C29H24N2O4. The number of ether oxygens (including phenoxy) is 2. The van der Waals surface area contributed by atoms with Crippen LogP contribution in [-0.4, -0.2) is 38.1 Å². The van der Waals surface area contributed by atoms with Crippen molar-refractivity contribution < 1.29 is 19.1 Å². The first kappa shape index (κ1) is 22.4. The van der Waals surface area contributed by atoms with Crippen LogP contribution in [0.4, 0.5) is 5.69 Å². The largest absolute Gasteiger partial charge is 0.497 e. The average Bonchev–Trinajstić information content (AvgIpc) is 3.24. The average molecular weight is 465 g/mol. The predicted molar refractivity (Wildman–Crippen MR) is 132 cm³/mol. The zero-order valence-corrected chi connectivity index (χ0v) is 19.4. The van der Waals surface area contributed by atoms with E-state index in [1.165, 1.54) is 7.11 Å². The molecule has 0 spiro atoms. The molecular weight excluding hydrogens is 440 g/mol. The van der Waals surface area contributed by atoms with Gasteiger partial charge < -0.3 is 14.4 Å². The number of Topliss-reactive ketones (excluding diaryl/α,β-unsaturated/α-hetero) is 1. The lowest BCUT2D eigenvalue weighted by molar-refractivity contribution is -0.150. The Labute approximate surface area is 204 Å². The van der Waals surface area contributed by atoms with Crippen molar-refractivity contribution in [1.29, 1.82) is 5.26 Å². The monoisotopic (exact) mass is 464 g/mol. The highest BCUT2D eigenvalue weighted by Crippen LogP contribution is 2.56. The minimum Gasteiger partial charge on any atom is -0.497 e. The summed E-state index contributed by atoms with van der Waals surface area (Å²) < 4.78 is 10.6. The van der Waals surface area contributed by atoms with E-state index in [1.807, 2.05) is 71.6 Å². The maximum absolute atomic E-state index is 14.2. The third-order valence-corrected chi connectivity index (χ3v) is 7.06. The number of carbonyl (C=O) groups excluding carboxylic acids is 2. The van der Waals surface area contributed by atoms with Crippen molar-refractivity contribution in [3.05, 3.63) is 102 Å². The minimum atomic E-state index is -1.65. The van der Waals surface area contributed by atoms with E-state index in [1.54, 1.807) is 31.4 Å². The topological polar surface area (TPSA) is 79.6 Å². The van der Waals surface area contributed by atoms with E-state index < -0.39 is 29.4 Å². The molecule has 0 bridgehead atoms. The number of ketones is 1. The summed E-state index contributed by atoms with van der Waals surface area (Å²) in [4.78, 5) is 29.6. The molecule has 0 saturated carbocycles. The molecule has 4 atom stereocenters. The number of hydrogen-bond donors (Lipinski definition) is 0. The second-order valence-electron chi connectivity index (χ2n) is 8.67. The van der Waals surface area contributed by atoms with Gasteiger partial charge in [-0.1, -0.05) is 72.8 Å². The molecule has 2 aliphatic heterocycles. The number of hydrogen-bond acceptors (Lipinski definition) is 6. The van der Waals surface area contributed by atoms with Gasteiger partial charge in [0.25, 0.3) is 0 Å². The Morgan fingerprint density at radius 3 is 2.29 bits per heavy atom.